The average Bonchev–Trinajstić information content (AvgIpc) is 2.30. The largest absolute Gasteiger partial charge is 0.465 e. The Balaban J connectivity index is 2.18. The van der Waals surface area contributed by atoms with Crippen LogP contribution in [0.3, 0.4) is 0 Å². The lowest BCUT2D eigenvalue weighted by atomic mass is 10.0. The van der Waals surface area contributed by atoms with Crippen LogP contribution < -0.4 is 0 Å². The number of halogens is 1. The van der Waals surface area contributed by atoms with Gasteiger partial charge in [0.15, 0.2) is 0 Å². The van der Waals surface area contributed by atoms with Crippen molar-refractivity contribution < 1.29 is 9.90 Å². The molecule has 0 fully saturated rings. The number of pyridine rings is 1. The van der Waals surface area contributed by atoms with E-state index in [0.29, 0.717) is 18.2 Å². The second-order valence-corrected chi connectivity index (χ2v) is 3.98. The van der Waals surface area contributed by atoms with Gasteiger partial charge in [-0.05, 0) is 23.6 Å². The molecule has 1 aromatic heterocycles. The molecule has 84 valence electrons. The smallest absolute Gasteiger partial charge is 0.407 e. The van der Waals surface area contributed by atoms with E-state index < -0.39 is 6.09 Å². The molecule has 0 saturated heterocycles. The molecule has 4 nitrogen and oxygen atoms in total. The van der Waals surface area contributed by atoms with E-state index in [-0.39, 0.29) is 0 Å². The Hall–Kier alpha value is -1.55. The van der Waals surface area contributed by atoms with Crippen LogP contribution in [0, 0.1) is 0 Å². The predicted octanol–water partition coefficient (Wildman–Crippen LogP) is 2.50. The van der Waals surface area contributed by atoms with Crippen molar-refractivity contribution in [1.29, 1.82) is 0 Å². The molecule has 1 aliphatic rings. The molecule has 2 rings (SSSR count). The molecule has 0 aliphatic carbocycles. The quantitative estimate of drug-likeness (QED) is 0.765. The average molecular weight is 239 g/mol. The second kappa shape index (κ2) is 4.53. The van der Waals surface area contributed by atoms with Crippen molar-refractivity contribution in [3.63, 3.8) is 0 Å². The van der Waals surface area contributed by atoms with Crippen molar-refractivity contribution in [2.45, 2.75) is 6.42 Å². The lowest BCUT2D eigenvalue weighted by Gasteiger charge is -2.24. The predicted molar refractivity (Wildman–Crippen MR) is 61.4 cm³/mol. The first-order chi connectivity index (χ1) is 7.66. The minimum absolute atomic E-state index is 0.415. The van der Waals surface area contributed by atoms with Crippen LogP contribution in [0.4, 0.5) is 4.79 Å². The van der Waals surface area contributed by atoms with E-state index >= 15 is 0 Å². The van der Waals surface area contributed by atoms with Crippen molar-refractivity contribution in [2.75, 3.05) is 13.1 Å². The van der Waals surface area contributed by atoms with Gasteiger partial charge in [-0.3, -0.25) is 0 Å². The summed E-state index contributed by atoms with van der Waals surface area (Å²) in [4.78, 5) is 16.2. The number of hydrogen-bond donors (Lipinski definition) is 1. The van der Waals surface area contributed by atoms with Crippen molar-refractivity contribution in [2.24, 2.45) is 0 Å². The third kappa shape index (κ3) is 2.33. The van der Waals surface area contributed by atoms with Crippen LogP contribution in [0.25, 0.3) is 5.57 Å². The van der Waals surface area contributed by atoms with Gasteiger partial charge in [0.25, 0.3) is 0 Å². The van der Waals surface area contributed by atoms with Crippen LogP contribution in [0.5, 0.6) is 0 Å². The summed E-state index contributed by atoms with van der Waals surface area (Å²) >= 11 is 5.69. The molecular weight excluding hydrogens is 228 g/mol. The van der Waals surface area contributed by atoms with Crippen LogP contribution in [-0.2, 0) is 0 Å². The standard InChI is InChI=1S/C11H11ClN2O2/c12-10-4-3-8(6-13-10)9-2-1-5-14(7-9)11(15)16/h2-4,6H,1,5,7H2,(H,15,16). The van der Waals surface area contributed by atoms with Gasteiger partial charge in [-0.2, -0.15) is 0 Å². The van der Waals surface area contributed by atoms with E-state index in [1.165, 1.54) is 4.90 Å². The van der Waals surface area contributed by atoms with Crippen molar-refractivity contribution in [1.82, 2.24) is 9.88 Å². The lowest BCUT2D eigenvalue weighted by Crippen LogP contribution is -2.34. The molecule has 0 radical (unpaired) electrons. The fourth-order valence-electron chi connectivity index (χ4n) is 1.68. The number of hydrogen-bond acceptors (Lipinski definition) is 2. The summed E-state index contributed by atoms with van der Waals surface area (Å²) < 4.78 is 0. The van der Waals surface area contributed by atoms with Gasteiger partial charge >= 0.3 is 6.09 Å². The fraction of sp³-hybridized carbons (Fsp3) is 0.273. The highest BCUT2D eigenvalue weighted by molar-refractivity contribution is 6.29. The minimum Gasteiger partial charge on any atom is -0.465 e. The highest BCUT2D eigenvalue weighted by Crippen LogP contribution is 2.21. The zero-order chi connectivity index (χ0) is 11.5. The van der Waals surface area contributed by atoms with E-state index in [9.17, 15) is 4.79 Å². The summed E-state index contributed by atoms with van der Waals surface area (Å²) in [5, 5.41) is 9.35. The zero-order valence-corrected chi connectivity index (χ0v) is 9.31. The van der Waals surface area contributed by atoms with Crippen LogP contribution in [0.2, 0.25) is 5.15 Å². The van der Waals surface area contributed by atoms with Crippen molar-refractivity contribution in [3.8, 4) is 0 Å². The number of carbonyl (C=O) groups is 1. The Morgan fingerprint density at radius 1 is 1.50 bits per heavy atom. The monoisotopic (exact) mass is 238 g/mol. The first kappa shape index (κ1) is 11.0. The molecule has 0 atom stereocenters. The van der Waals surface area contributed by atoms with E-state index in [2.05, 4.69) is 4.98 Å². The van der Waals surface area contributed by atoms with Gasteiger partial charge in [-0.1, -0.05) is 23.7 Å². The molecule has 5 heteroatoms. The molecule has 0 aromatic carbocycles. The van der Waals surface area contributed by atoms with Crippen LogP contribution in [0.1, 0.15) is 12.0 Å². The van der Waals surface area contributed by atoms with Crippen molar-refractivity contribution >= 4 is 23.3 Å². The molecule has 2 heterocycles. The van der Waals surface area contributed by atoms with Gasteiger partial charge in [0.2, 0.25) is 0 Å². The molecule has 0 saturated carbocycles. The Morgan fingerprint density at radius 3 is 2.94 bits per heavy atom. The van der Waals surface area contributed by atoms with Crippen LogP contribution in [-0.4, -0.2) is 34.2 Å². The maximum atomic E-state index is 10.8. The first-order valence-electron chi connectivity index (χ1n) is 4.95. The first-order valence-corrected chi connectivity index (χ1v) is 5.33. The summed E-state index contributed by atoms with van der Waals surface area (Å²) in [6.07, 6.45) is 3.57. The van der Waals surface area contributed by atoms with Gasteiger partial charge < -0.3 is 10.0 Å². The number of rotatable bonds is 1. The number of carboxylic acid groups (broad SMARTS) is 1. The van der Waals surface area contributed by atoms with Crippen molar-refractivity contribution in [3.05, 3.63) is 35.1 Å². The van der Waals surface area contributed by atoms with E-state index in [0.717, 1.165) is 17.6 Å². The number of aromatic nitrogens is 1. The third-order valence-corrected chi connectivity index (χ3v) is 2.74. The van der Waals surface area contributed by atoms with Crippen LogP contribution in [0.15, 0.2) is 24.4 Å². The molecule has 16 heavy (non-hydrogen) atoms. The Labute approximate surface area is 98.2 Å². The van der Waals surface area contributed by atoms with E-state index in [4.69, 9.17) is 16.7 Å². The molecule has 1 aromatic rings. The number of nitrogens with zero attached hydrogens (tertiary/aromatic N) is 2. The second-order valence-electron chi connectivity index (χ2n) is 3.59. The highest BCUT2D eigenvalue weighted by Gasteiger charge is 2.17. The summed E-state index contributed by atoms with van der Waals surface area (Å²) in [6, 6.07) is 3.56. The SMILES string of the molecule is O=C(O)N1CCC=C(c2ccc(Cl)nc2)C1. The normalized spacial score (nSPS) is 15.8. The summed E-state index contributed by atoms with van der Waals surface area (Å²) in [7, 11) is 0. The summed E-state index contributed by atoms with van der Waals surface area (Å²) in [6.45, 7) is 0.971. The van der Waals surface area contributed by atoms with Gasteiger partial charge in [-0.25, -0.2) is 9.78 Å². The molecule has 1 N–H and O–H groups in total. The summed E-state index contributed by atoms with van der Waals surface area (Å²) in [5.74, 6) is 0. The topological polar surface area (TPSA) is 53.4 Å². The maximum Gasteiger partial charge on any atom is 0.407 e. The molecule has 1 aliphatic heterocycles. The highest BCUT2D eigenvalue weighted by atomic mass is 35.5. The molecular formula is C11H11ClN2O2. The number of amides is 1. The van der Waals surface area contributed by atoms with Gasteiger partial charge in [0, 0.05) is 19.3 Å². The Morgan fingerprint density at radius 2 is 2.31 bits per heavy atom. The Kier molecular flexibility index (Phi) is 3.10. The molecule has 0 bridgehead atoms. The van der Waals surface area contributed by atoms with Gasteiger partial charge in [0.05, 0.1) is 0 Å². The molecule has 0 spiro atoms. The maximum absolute atomic E-state index is 10.8. The fourth-order valence-corrected chi connectivity index (χ4v) is 1.79. The molecule has 0 unspecified atom stereocenters. The van der Waals surface area contributed by atoms with E-state index in [1.807, 2.05) is 12.1 Å². The molecule has 1 amide bonds. The minimum atomic E-state index is -0.882. The van der Waals surface area contributed by atoms with Gasteiger partial charge in [0.1, 0.15) is 5.15 Å². The Bertz CT molecular complexity index is 428. The zero-order valence-electron chi connectivity index (χ0n) is 8.56. The van der Waals surface area contributed by atoms with E-state index in [1.54, 1.807) is 12.3 Å². The lowest BCUT2D eigenvalue weighted by molar-refractivity contribution is 0.150. The van der Waals surface area contributed by atoms with Crippen LogP contribution >= 0.6 is 11.6 Å². The third-order valence-electron chi connectivity index (χ3n) is 2.52. The van der Waals surface area contributed by atoms with Gasteiger partial charge in [-0.15, -0.1) is 0 Å². The summed E-state index contributed by atoms with van der Waals surface area (Å²) in [5.41, 5.74) is 1.91.